The third-order valence-electron chi connectivity index (χ3n) is 29.6. The van der Waals surface area contributed by atoms with E-state index < -0.39 is 0 Å². The molecule has 0 saturated heterocycles. The summed E-state index contributed by atoms with van der Waals surface area (Å²) in [5.74, 6) is 0. The van der Waals surface area contributed by atoms with E-state index in [1.54, 1.807) is 0 Å². The molecule has 6 heterocycles. The van der Waals surface area contributed by atoms with E-state index in [9.17, 15) is 0 Å². The second-order valence-electron chi connectivity index (χ2n) is 37.7. The zero-order valence-corrected chi connectivity index (χ0v) is 78.6. The highest BCUT2D eigenvalue weighted by Crippen LogP contribution is 2.49. The number of nitrogens with zero attached hydrogens (tertiary/aromatic N) is 6. The number of fused-ring (bicyclic) bond motifs is 23. The normalized spacial score (nSPS) is 11.8. The van der Waals surface area contributed by atoms with E-state index in [1.165, 1.54) is 230 Å². The number of hydrogen-bond donors (Lipinski definition) is 0. The molecule has 6 nitrogen and oxygen atoms in total. The molecule has 0 atom stereocenters. The fourth-order valence-electron chi connectivity index (χ4n) is 23.3. The van der Waals surface area contributed by atoms with Gasteiger partial charge in [-0.05, 0) is 239 Å². The lowest BCUT2D eigenvalue weighted by Crippen LogP contribution is -1.96. The Morgan fingerprint density at radius 1 is 0.104 bits per heavy atom. The molecule has 0 radical (unpaired) electrons. The first-order valence-electron chi connectivity index (χ1n) is 49.6. The van der Waals surface area contributed by atoms with Crippen LogP contribution in [0.4, 0.5) is 0 Å². The molecule has 30 rings (SSSR count). The van der Waals surface area contributed by atoms with Crippen LogP contribution in [0.5, 0.6) is 0 Å². The highest BCUT2D eigenvalue weighted by atomic mass is 15.0. The van der Waals surface area contributed by atoms with Crippen LogP contribution in [0.15, 0.2) is 546 Å². The molecule has 24 aromatic carbocycles. The Morgan fingerprint density at radius 3 is 0.785 bits per heavy atom. The van der Waals surface area contributed by atoms with Crippen LogP contribution in [0.2, 0.25) is 0 Å². The van der Waals surface area contributed by atoms with Crippen LogP contribution in [-0.2, 0) is 0 Å². The van der Waals surface area contributed by atoms with Crippen LogP contribution in [0.3, 0.4) is 0 Å². The van der Waals surface area contributed by atoms with E-state index in [2.05, 4.69) is 573 Å². The molecule has 0 aliphatic rings. The molecule has 0 aliphatic carbocycles. The third kappa shape index (κ3) is 13.8. The molecule has 0 fully saturated rings. The van der Waals surface area contributed by atoms with Gasteiger partial charge in [-0.15, -0.1) is 0 Å². The zero-order chi connectivity index (χ0) is 94.8. The Balaban J connectivity index is 0.000000105. The summed E-state index contributed by atoms with van der Waals surface area (Å²) in [6.45, 7) is 0. The molecule has 6 heteroatoms. The molecule has 672 valence electrons. The minimum Gasteiger partial charge on any atom is -0.309 e. The van der Waals surface area contributed by atoms with Gasteiger partial charge in [-0.1, -0.05) is 400 Å². The van der Waals surface area contributed by atoms with Crippen LogP contribution in [0.25, 0.3) is 264 Å². The van der Waals surface area contributed by atoms with Crippen molar-refractivity contribution in [2.45, 2.75) is 0 Å². The topological polar surface area (TPSA) is 29.6 Å². The van der Waals surface area contributed by atoms with Crippen LogP contribution in [0, 0.1) is 0 Å². The van der Waals surface area contributed by atoms with Gasteiger partial charge in [0.1, 0.15) is 0 Å². The van der Waals surface area contributed by atoms with Crippen molar-refractivity contribution >= 4 is 163 Å². The molecule has 0 spiro atoms. The molecule has 144 heavy (non-hydrogen) atoms. The Labute approximate surface area is 831 Å². The Hall–Kier alpha value is -19.1. The fraction of sp³-hybridized carbons (Fsp3) is 0. The van der Waals surface area contributed by atoms with Gasteiger partial charge in [0.2, 0.25) is 0 Å². The Bertz CT molecular complexity index is 10100. The van der Waals surface area contributed by atoms with E-state index in [0.717, 1.165) is 34.1 Å². The Morgan fingerprint density at radius 2 is 0.361 bits per heavy atom. The largest absolute Gasteiger partial charge is 0.309 e. The number of hydrogen-bond acceptors (Lipinski definition) is 0. The van der Waals surface area contributed by atoms with Crippen LogP contribution < -0.4 is 0 Å². The number of para-hydroxylation sites is 6. The minimum atomic E-state index is 1.15. The lowest BCUT2D eigenvalue weighted by molar-refractivity contribution is 1.16. The van der Waals surface area contributed by atoms with Crippen molar-refractivity contribution in [2.75, 3.05) is 0 Å². The highest BCUT2D eigenvalue weighted by Gasteiger charge is 2.27. The predicted octanol–water partition coefficient (Wildman–Crippen LogP) is 37.1. The minimum absolute atomic E-state index is 1.15. The molecule has 0 unspecified atom stereocenters. The standard InChI is InChI=1S/3C46H30N2/c1-3-14-31(15-4-1)36-21-9-10-22-37(36)33-17-13-20-35(28-33)48-42-25-12-11-24-39(42)40-29-41-45(30-44(40)48)47(34-18-5-2-6-19-34)43-27-26-32-16-7-8-23-38(32)46(41)43;1-3-14-31(15-4-1)36-21-9-10-22-37(36)33-17-13-20-35(28-33)47-43-25-12-11-24-39(43)41-29-42-40-27-26-32-16-7-8-23-38(32)46(40)48(45(42)30-44(41)47)34-18-5-2-6-19-34;1-3-14-31(15-4-1)37-22-9-10-23-38(37)34-18-13-21-36(26-34)48-43-25-12-11-24-39(43)41-29-42-40-27-32-16-7-8-17-33(32)28-44(40)47(46(42)30-45(41)48)35-19-5-2-6-20-35/h3*1-30H. The van der Waals surface area contributed by atoms with Gasteiger partial charge in [0.05, 0.1) is 66.2 Å². The van der Waals surface area contributed by atoms with Gasteiger partial charge in [0.25, 0.3) is 0 Å². The number of aromatic nitrogens is 6. The molecule has 6 aromatic heterocycles. The van der Waals surface area contributed by atoms with Gasteiger partial charge in [-0.3, -0.25) is 0 Å². The maximum Gasteiger partial charge on any atom is 0.0619 e. The van der Waals surface area contributed by atoms with Gasteiger partial charge >= 0.3 is 0 Å². The van der Waals surface area contributed by atoms with Crippen molar-refractivity contribution in [1.82, 2.24) is 27.4 Å². The summed E-state index contributed by atoms with van der Waals surface area (Å²) >= 11 is 0. The molecule has 0 N–H and O–H groups in total. The number of benzene rings is 24. The molecule has 0 saturated carbocycles. The molecular weight excluding hydrogens is 1740 g/mol. The molecule has 0 bridgehead atoms. The molecule has 0 aliphatic heterocycles. The third-order valence-corrected chi connectivity index (χ3v) is 29.6. The summed E-state index contributed by atoms with van der Waals surface area (Å²) in [4.78, 5) is 0. The fourth-order valence-corrected chi connectivity index (χ4v) is 23.3. The van der Waals surface area contributed by atoms with Crippen molar-refractivity contribution in [3.63, 3.8) is 0 Å². The van der Waals surface area contributed by atoms with E-state index in [1.807, 2.05) is 0 Å². The van der Waals surface area contributed by atoms with E-state index in [-0.39, 0.29) is 0 Å². The summed E-state index contributed by atoms with van der Waals surface area (Å²) in [5, 5.41) is 22.7. The summed E-state index contributed by atoms with van der Waals surface area (Å²) in [6.07, 6.45) is 0. The highest BCUT2D eigenvalue weighted by molar-refractivity contribution is 6.28. The summed E-state index contributed by atoms with van der Waals surface area (Å²) < 4.78 is 14.7. The first kappa shape index (κ1) is 83.1. The lowest BCUT2D eigenvalue weighted by atomic mass is 9.94. The number of rotatable bonds is 12. The van der Waals surface area contributed by atoms with Crippen molar-refractivity contribution in [3.05, 3.63) is 546 Å². The molecule has 0 amide bonds. The maximum absolute atomic E-state index is 2.46. The SMILES string of the molecule is c1ccc(-c2ccccc2-c2cccc(-n3c4ccccc4c4cc5c6c7ccccc7ccc6n(-c6ccccc6)c5cc43)c2)cc1.c1ccc(-c2ccccc2-c2cccc(-n3c4ccccc4c4cc5c6cc7ccccc7cc6n(-c6ccccc6)c5cc43)c2)cc1.c1ccc(-c2ccccc2-c2cccc(-n3c4ccccc4c4cc5c6ccc7ccccc7c6n(-c6ccccc6)c5cc43)c2)cc1. The van der Waals surface area contributed by atoms with Gasteiger partial charge in [-0.2, -0.15) is 0 Å². The second kappa shape index (κ2) is 34.5. The van der Waals surface area contributed by atoms with Gasteiger partial charge in [-0.25, -0.2) is 0 Å². The van der Waals surface area contributed by atoms with Crippen LogP contribution in [0.1, 0.15) is 0 Å². The quantitative estimate of drug-likeness (QED) is 0.117. The smallest absolute Gasteiger partial charge is 0.0619 e. The van der Waals surface area contributed by atoms with Crippen molar-refractivity contribution in [2.24, 2.45) is 0 Å². The van der Waals surface area contributed by atoms with Gasteiger partial charge in [0.15, 0.2) is 0 Å². The molecular formula is C138H90N6. The summed E-state index contributed by atoms with van der Waals surface area (Å²) in [7, 11) is 0. The van der Waals surface area contributed by atoms with Crippen LogP contribution in [-0.4, -0.2) is 27.4 Å². The van der Waals surface area contributed by atoms with Gasteiger partial charge in [0, 0.05) is 104 Å². The van der Waals surface area contributed by atoms with Crippen molar-refractivity contribution in [3.8, 4) is 101 Å². The second-order valence-corrected chi connectivity index (χ2v) is 37.7. The van der Waals surface area contributed by atoms with Crippen molar-refractivity contribution in [1.29, 1.82) is 0 Å². The average molecular weight is 1830 g/mol. The summed E-state index contributed by atoms with van der Waals surface area (Å²) in [6, 6.07) is 199. The zero-order valence-electron chi connectivity index (χ0n) is 78.6. The van der Waals surface area contributed by atoms with E-state index in [4.69, 9.17) is 0 Å². The first-order valence-corrected chi connectivity index (χ1v) is 49.6. The average Bonchev–Trinajstić information content (AvgIpc) is 1.54. The lowest BCUT2D eigenvalue weighted by Gasteiger charge is -2.14. The summed E-state index contributed by atoms with van der Waals surface area (Å²) in [5.41, 5.74) is 36.1. The monoisotopic (exact) mass is 1830 g/mol. The maximum atomic E-state index is 2.46. The molecule has 30 aromatic rings. The van der Waals surface area contributed by atoms with Gasteiger partial charge < -0.3 is 27.4 Å². The van der Waals surface area contributed by atoms with E-state index >= 15 is 0 Å². The predicted molar refractivity (Wildman–Crippen MR) is 610 cm³/mol. The van der Waals surface area contributed by atoms with E-state index in [0.29, 0.717) is 0 Å². The van der Waals surface area contributed by atoms with Crippen LogP contribution >= 0.6 is 0 Å². The first-order chi connectivity index (χ1) is 71.5. The van der Waals surface area contributed by atoms with Crippen molar-refractivity contribution < 1.29 is 0 Å². The Kier molecular flexibility index (Phi) is 19.9.